The monoisotopic (exact) mass is 200 g/mol. The lowest BCUT2D eigenvalue weighted by Crippen LogP contribution is -2.15. The maximum atomic E-state index is 11.1. The number of amides is 1. The molecule has 15 heavy (non-hydrogen) atoms. The molecule has 0 aliphatic heterocycles. The fourth-order valence-corrected chi connectivity index (χ4v) is 1.23. The van der Waals surface area contributed by atoms with Crippen LogP contribution in [0, 0.1) is 0 Å². The zero-order valence-corrected chi connectivity index (χ0v) is 7.79. The minimum absolute atomic E-state index is 0.158. The maximum absolute atomic E-state index is 11.1. The molecule has 0 fully saturated rings. The molecule has 2 aromatic heterocycles. The highest BCUT2D eigenvalue weighted by atomic mass is 16.1. The fraction of sp³-hybridized carbons (Fsp3) is 0. The van der Waals surface area contributed by atoms with Crippen LogP contribution >= 0.6 is 0 Å². The first-order chi connectivity index (χ1) is 7.29. The average Bonchev–Trinajstić information content (AvgIpc) is 2.30. The van der Waals surface area contributed by atoms with E-state index in [1.54, 1.807) is 24.5 Å². The molecule has 0 aliphatic carbocycles. The summed E-state index contributed by atoms with van der Waals surface area (Å²) in [5.74, 6) is -0.595. The summed E-state index contributed by atoms with van der Waals surface area (Å²) in [6, 6.07) is 3.55. The summed E-state index contributed by atoms with van der Waals surface area (Å²) in [6.45, 7) is 0. The van der Waals surface area contributed by atoms with Crippen LogP contribution in [0.15, 0.2) is 36.9 Å². The summed E-state index contributed by atoms with van der Waals surface area (Å²) < 4.78 is 0. The number of aromatic nitrogens is 3. The van der Waals surface area contributed by atoms with Crippen LogP contribution in [0.4, 0.5) is 0 Å². The number of nitrogens with two attached hydrogens (primary N) is 1. The molecule has 0 atom stereocenters. The first-order valence-corrected chi connectivity index (χ1v) is 4.30. The number of carbonyl (C=O) groups excluding carboxylic acids is 1. The Morgan fingerprint density at radius 3 is 2.67 bits per heavy atom. The van der Waals surface area contributed by atoms with Crippen LogP contribution in [0.1, 0.15) is 10.5 Å². The highest BCUT2D eigenvalue weighted by Crippen LogP contribution is 2.17. The molecule has 74 valence electrons. The van der Waals surface area contributed by atoms with Gasteiger partial charge in [0.15, 0.2) is 5.69 Å². The Morgan fingerprint density at radius 2 is 2.00 bits per heavy atom. The Morgan fingerprint density at radius 1 is 1.20 bits per heavy atom. The molecular weight excluding hydrogens is 192 g/mol. The van der Waals surface area contributed by atoms with Crippen molar-refractivity contribution >= 4 is 5.91 Å². The SMILES string of the molecule is NC(=O)c1nccnc1-c1cccnc1. The highest BCUT2D eigenvalue weighted by molar-refractivity contribution is 5.96. The minimum atomic E-state index is -0.595. The van der Waals surface area contributed by atoms with E-state index in [1.165, 1.54) is 12.4 Å². The van der Waals surface area contributed by atoms with Crippen LogP contribution in [0.3, 0.4) is 0 Å². The summed E-state index contributed by atoms with van der Waals surface area (Å²) in [7, 11) is 0. The van der Waals surface area contributed by atoms with Crippen LogP contribution in [0.5, 0.6) is 0 Å². The molecule has 0 radical (unpaired) electrons. The third-order valence-electron chi connectivity index (χ3n) is 1.87. The molecule has 2 rings (SSSR count). The molecule has 0 aliphatic rings. The first-order valence-electron chi connectivity index (χ1n) is 4.30. The van der Waals surface area contributed by atoms with E-state index in [-0.39, 0.29) is 5.69 Å². The largest absolute Gasteiger partial charge is 0.364 e. The fourth-order valence-electron chi connectivity index (χ4n) is 1.23. The second kappa shape index (κ2) is 3.83. The van der Waals surface area contributed by atoms with Gasteiger partial charge in [0, 0.05) is 30.4 Å². The minimum Gasteiger partial charge on any atom is -0.364 e. The van der Waals surface area contributed by atoms with Crippen LogP contribution in [0.25, 0.3) is 11.3 Å². The van der Waals surface area contributed by atoms with E-state index in [9.17, 15) is 4.79 Å². The maximum Gasteiger partial charge on any atom is 0.269 e. The summed E-state index contributed by atoms with van der Waals surface area (Å²) in [5, 5.41) is 0. The lowest BCUT2D eigenvalue weighted by Gasteiger charge is -2.02. The Bertz CT molecular complexity index is 484. The van der Waals surface area contributed by atoms with Crippen molar-refractivity contribution in [3.05, 3.63) is 42.6 Å². The van der Waals surface area contributed by atoms with Gasteiger partial charge in [-0.25, -0.2) is 4.98 Å². The summed E-state index contributed by atoms with van der Waals surface area (Å²) in [4.78, 5) is 23.0. The van der Waals surface area contributed by atoms with E-state index in [0.717, 1.165) is 5.56 Å². The van der Waals surface area contributed by atoms with Gasteiger partial charge in [0.1, 0.15) is 5.69 Å². The molecule has 0 aromatic carbocycles. The van der Waals surface area contributed by atoms with Gasteiger partial charge in [0.05, 0.1) is 0 Å². The second-order valence-electron chi connectivity index (χ2n) is 2.86. The third-order valence-corrected chi connectivity index (χ3v) is 1.87. The normalized spacial score (nSPS) is 9.87. The quantitative estimate of drug-likeness (QED) is 0.771. The van der Waals surface area contributed by atoms with Crippen LogP contribution in [0.2, 0.25) is 0 Å². The number of primary amides is 1. The van der Waals surface area contributed by atoms with E-state index in [2.05, 4.69) is 15.0 Å². The van der Waals surface area contributed by atoms with Gasteiger partial charge in [-0.1, -0.05) is 0 Å². The Hall–Kier alpha value is -2.30. The van der Waals surface area contributed by atoms with Crippen molar-refractivity contribution < 1.29 is 4.79 Å². The molecule has 0 bridgehead atoms. The van der Waals surface area contributed by atoms with Crippen molar-refractivity contribution in [1.82, 2.24) is 15.0 Å². The van der Waals surface area contributed by atoms with Crippen LogP contribution in [-0.4, -0.2) is 20.9 Å². The molecule has 0 unspecified atom stereocenters. The van der Waals surface area contributed by atoms with Crippen LogP contribution < -0.4 is 5.73 Å². The van der Waals surface area contributed by atoms with Crippen molar-refractivity contribution in [3.63, 3.8) is 0 Å². The first kappa shape index (κ1) is 9.26. The number of rotatable bonds is 2. The molecule has 1 amide bonds. The molecule has 0 spiro atoms. The summed E-state index contributed by atoms with van der Waals surface area (Å²) in [5.41, 5.74) is 6.53. The van der Waals surface area contributed by atoms with E-state index >= 15 is 0 Å². The van der Waals surface area contributed by atoms with Gasteiger partial charge < -0.3 is 5.73 Å². The molecule has 0 saturated carbocycles. The number of hydrogen-bond acceptors (Lipinski definition) is 4. The summed E-state index contributed by atoms with van der Waals surface area (Å²) in [6.07, 6.45) is 6.19. The molecule has 5 nitrogen and oxygen atoms in total. The number of carbonyl (C=O) groups is 1. The Labute approximate surface area is 86.0 Å². The van der Waals surface area contributed by atoms with Gasteiger partial charge in [0.2, 0.25) is 0 Å². The molecule has 2 aromatic rings. The van der Waals surface area contributed by atoms with Gasteiger partial charge in [-0.15, -0.1) is 0 Å². The van der Waals surface area contributed by atoms with E-state index in [4.69, 9.17) is 5.73 Å². The predicted octanol–water partition coefficient (Wildman–Crippen LogP) is 0.637. The topological polar surface area (TPSA) is 81.8 Å². The Kier molecular flexibility index (Phi) is 2.37. The highest BCUT2D eigenvalue weighted by Gasteiger charge is 2.11. The van der Waals surface area contributed by atoms with E-state index < -0.39 is 5.91 Å². The van der Waals surface area contributed by atoms with Gasteiger partial charge in [-0.05, 0) is 12.1 Å². The predicted molar refractivity (Wildman–Crippen MR) is 53.8 cm³/mol. The van der Waals surface area contributed by atoms with Gasteiger partial charge in [0.25, 0.3) is 5.91 Å². The van der Waals surface area contributed by atoms with Crippen molar-refractivity contribution in [2.24, 2.45) is 5.73 Å². The molecular formula is C10H8N4O. The standard InChI is InChI=1S/C10H8N4O/c11-10(15)9-8(13-4-5-14-9)7-2-1-3-12-6-7/h1-6H,(H2,11,15). The molecule has 0 saturated heterocycles. The number of pyridine rings is 1. The Balaban J connectivity index is 2.58. The van der Waals surface area contributed by atoms with Crippen molar-refractivity contribution in [1.29, 1.82) is 0 Å². The molecule has 2 N–H and O–H groups in total. The zero-order chi connectivity index (χ0) is 10.7. The van der Waals surface area contributed by atoms with Crippen molar-refractivity contribution in [2.75, 3.05) is 0 Å². The lowest BCUT2D eigenvalue weighted by molar-refractivity contribution is 0.0996. The van der Waals surface area contributed by atoms with E-state index in [1.807, 2.05) is 0 Å². The number of nitrogens with zero attached hydrogens (tertiary/aromatic N) is 3. The van der Waals surface area contributed by atoms with Crippen LogP contribution in [-0.2, 0) is 0 Å². The van der Waals surface area contributed by atoms with Crippen molar-refractivity contribution in [2.45, 2.75) is 0 Å². The van der Waals surface area contributed by atoms with E-state index in [0.29, 0.717) is 5.69 Å². The van der Waals surface area contributed by atoms with Gasteiger partial charge in [-0.3, -0.25) is 14.8 Å². The zero-order valence-electron chi connectivity index (χ0n) is 7.79. The van der Waals surface area contributed by atoms with Gasteiger partial charge >= 0.3 is 0 Å². The average molecular weight is 200 g/mol. The molecule has 5 heteroatoms. The number of hydrogen-bond donors (Lipinski definition) is 1. The van der Waals surface area contributed by atoms with Crippen molar-refractivity contribution in [3.8, 4) is 11.3 Å². The smallest absolute Gasteiger partial charge is 0.269 e. The molecule has 2 heterocycles. The third kappa shape index (κ3) is 1.80. The van der Waals surface area contributed by atoms with Gasteiger partial charge in [-0.2, -0.15) is 0 Å². The lowest BCUT2D eigenvalue weighted by atomic mass is 10.1. The second-order valence-corrected chi connectivity index (χ2v) is 2.86. The summed E-state index contributed by atoms with van der Waals surface area (Å²) >= 11 is 0.